The predicted octanol–water partition coefficient (Wildman–Crippen LogP) is 14.3. The van der Waals surface area contributed by atoms with Crippen LogP contribution in [0.1, 0.15) is 296 Å². The number of hydrogen-bond donors (Lipinski definition) is 4. The van der Waals surface area contributed by atoms with Crippen molar-refractivity contribution in [3.8, 4) is 46.0 Å². The molecule has 12 rings (SSSR count). The van der Waals surface area contributed by atoms with E-state index in [1.807, 2.05) is 70.1 Å². The van der Waals surface area contributed by atoms with Gasteiger partial charge in [-0.15, -0.1) is 0 Å². The van der Waals surface area contributed by atoms with Gasteiger partial charge in [0.15, 0.2) is 46.0 Å². The van der Waals surface area contributed by atoms with Gasteiger partial charge < -0.3 is 79.8 Å². The van der Waals surface area contributed by atoms with Crippen LogP contribution < -0.4 is 60.8 Å². The van der Waals surface area contributed by atoms with Gasteiger partial charge in [0, 0.05) is 164 Å². The third kappa shape index (κ3) is 23.8. The molecule has 8 aliphatic heterocycles. The van der Waals surface area contributed by atoms with Crippen LogP contribution in [0.3, 0.4) is 0 Å². The Morgan fingerprint density at radius 3 is 0.842 bits per heavy atom. The normalized spacial score (nSPS) is 35.6. The highest BCUT2D eigenvalue weighted by Crippen LogP contribution is 2.50. The number of nitrogens with zero attached hydrogens (tertiary/aromatic N) is 4. The number of benzene rings is 4. The number of fused-ring (bicyclic) bond motifs is 12. The minimum absolute atomic E-state index is 0.00255. The van der Waals surface area contributed by atoms with E-state index in [0.717, 1.165) is 7.11 Å². The van der Waals surface area contributed by atoms with Crippen molar-refractivity contribution in [2.45, 2.75) is 260 Å². The number of hydrogen-bond acceptors (Lipinski definition) is 24. The molecule has 0 aromatic heterocycles. The second kappa shape index (κ2) is 43.9. The molecule has 24 heteroatoms. The van der Waals surface area contributed by atoms with Crippen LogP contribution in [0.2, 0.25) is 0 Å². The Morgan fingerprint density at radius 1 is 0.358 bits per heavy atom. The number of methoxy groups -OCH3 is 8. The van der Waals surface area contributed by atoms with Gasteiger partial charge in [0.2, 0.25) is 0 Å². The number of nitrogens with two attached hydrogens (primary N) is 4. The first kappa shape index (κ1) is 49.5. The van der Waals surface area contributed by atoms with Gasteiger partial charge in [-0.2, -0.15) is 0 Å². The van der Waals surface area contributed by atoms with E-state index < -0.39 is 218 Å². The van der Waals surface area contributed by atoms with E-state index in [0.29, 0.717) is 86.8 Å². The summed E-state index contributed by atoms with van der Waals surface area (Å²) in [4.78, 5) is 60.8. The SMILES string of the molecule is [2H]C([2H])([2H])Oc1cc2c(cc1OC)C1([2H])CC(OC(=O)[C@@]([2H])(N)C([2H])(C([2H])([2H])[2H])C([2H])([2H])[2H])C(CC(C)C)CN1CC2.[2H]c1c2c(c([2H])c(OC)c1OC([2H])([2H])[2H])C1([2H])CC(OC(=O)[C@@]([2H])(N)C([2H])(C([2H])([2H])[2H])C([2H])([2H])[2H])C(CC(C)C)CN1CC2.[2H]c1c2c(c([2H])c(OC)c1OC)C1([2H])CC(OC(=O)[C@@]([2H])(N)C([2H])(C([2H])([2H])[2H])C([2H])([2H])[2H])C(CC(C)C)CN1CC2.[2H]c1c2c(c([2H])c(OC)c1OC)C1([2H])CC(OC(=O)[C@@]([2H])(N)C([2H])(C([2H])([2H])[2H])C([2H])([2H])[2H])C(CC(C)C)CN1CC2. The van der Waals surface area contributed by atoms with Crippen molar-refractivity contribution in [3.05, 3.63) is 92.9 Å². The summed E-state index contributed by atoms with van der Waals surface area (Å²) in [5.74, 6) is -23.8. The molecule has 4 fully saturated rings. The molecular formula is C96H152N8O16. The molecule has 0 spiro atoms. The fraction of sp³-hybridized carbons (Fsp3) is 0.708. The topological polar surface area (TPSA) is 296 Å². The van der Waals surface area contributed by atoms with Crippen LogP contribution >= 0.6 is 0 Å². The summed E-state index contributed by atoms with van der Waals surface area (Å²) >= 11 is 0. The summed E-state index contributed by atoms with van der Waals surface area (Å²) in [5.41, 5.74) is 25.5. The van der Waals surface area contributed by atoms with E-state index in [1.165, 1.54) is 47.7 Å². The van der Waals surface area contributed by atoms with Gasteiger partial charge in [0.05, 0.1) is 84.1 Å². The standard InChI is InChI=1S/4C24H38N2O4/c4*1-14(2)9-17-13-26-8-7-16-10-21(28-5)22(29-6)11-18(16)19(26)12-20(17)30-24(27)23(25)15(3)4/h4*10-11,14-15,17,19-20,23H,7-9,12-13,25H2,1-6H3/t4*17?,19?,20?,23-/m0000/s1/i3D3,4D3,5D3,10D,11D,15D,19D,23D;2*3D3,4D3,10D,11D,15D,19D,23D;3D3,4D3,5D3,15D,19D,23D. The highest BCUT2D eigenvalue weighted by atomic mass is 16.6. The first-order chi connectivity index (χ1) is 75.8. The molecule has 0 amide bonds. The Hall–Kier alpha value is -7.16. The predicted molar refractivity (Wildman–Crippen MR) is 471 cm³/mol. The molecule has 4 aromatic rings. The lowest BCUT2D eigenvalue weighted by Crippen LogP contribution is -2.51. The summed E-state index contributed by atoms with van der Waals surface area (Å²) in [6, 6.07) is -19.0. The van der Waals surface area contributed by atoms with Crippen LogP contribution in [0.5, 0.6) is 46.0 Å². The van der Waals surface area contributed by atoms with E-state index in [2.05, 4.69) is 0 Å². The van der Waals surface area contributed by atoms with Gasteiger partial charge in [-0.25, -0.2) is 0 Å². The van der Waals surface area contributed by atoms with Crippen LogP contribution in [0.15, 0.2) is 48.4 Å². The van der Waals surface area contributed by atoms with Crippen molar-refractivity contribution in [1.82, 2.24) is 19.6 Å². The number of carbonyl (C=O) groups excluding carboxylic acids is 4. The molecule has 0 radical (unpaired) electrons. The van der Waals surface area contributed by atoms with Gasteiger partial charge in [-0.1, -0.05) is 110 Å². The van der Waals surface area contributed by atoms with E-state index in [9.17, 15) is 24.7 Å². The molecule has 120 heavy (non-hydrogen) atoms. The van der Waals surface area contributed by atoms with Crippen LogP contribution in [0, 0.1) is 70.9 Å². The molecule has 8 heterocycles. The minimum Gasteiger partial charge on any atom is -0.493 e. The van der Waals surface area contributed by atoms with Gasteiger partial charge in [-0.3, -0.25) is 38.8 Å². The van der Waals surface area contributed by atoms with Gasteiger partial charge in [-0.05, 0) is 192 Å². The quantitative estimate of drug-likeness (QED) is 0.0303. The monoisotopic (exact) mass is 1720 g/mol. The average molecular weight is 1720 g/mol. The Bertz CT molecular complexity index is 6000. The molecule has 0 bridgehead atoms. The smallest absolute Gasteiger partial charge is 0.323 e. The van der Waals surface area contributed by atoms with E-state index in [1.54, 1.807) is 4.90 Å². The highest BCUT2D eigenvalue weighted by Gasteiger charge is 2.47. The lowest BCUT2D eigenvalue weighted by atomic mass is 9.79. The van der Waals surface area contributed by atoms with Crippen LogP contribution in [-0.2, 0) is 63.8 Å². The summed E-state index contributed by atoms with van der Waals surface area (Å²) < 4.78 is 451. The lowest BCUT2D eigenvalue weighted by Gasteiger charge is -2.47. The van der Waals surface area contributed by atoms with E-state index in [4.69, 9.17) is 140 Å². The van der Waals surface area contributed by atoms with Gasteiger partial charge in [0.25, 0.3) is 0 Å². The lowest BCUT2D eigenvalue weighted by molar-refractivity contribution is -0.161. The molecular weight excluding hydrogens is 1520 g/mol. The molecule has 24 nitrogen and oxygen atoms in total. The maximum absolute atomic E-state index is 13.4. The number of piperidine rings is 4. The number of ether oxygens (including phenoxy) is 12. The fourth-order valence-electron chi connectivity index (χ4n) is 17.0. The minimum atomic E-state index is -3.77. The van der Waals surface area contributed by atoms with E-state index >= 15 is 0 Å². The summed E-state index contributed by atoms with van der Waals surface area (Å²) in [5, 5.41) is 0. The van der Waals surface area contributed by atoms with Crippen LogP contribution in [0.4, 0.5) is 0 Å². The van der Waals surface area contributed by atoms with Crippen molar-refractivity contribution in [2.75, 3.05) is 109 Å². The Kier molecular flexibility index (Phi) is 18.1. The molecule has 0 saturated carbocycles. The Balaban J connectivity index is 0.000000246. The van der Waals surface area contributed by atoms with Crippen LogP contribution in [-0.4, -0.2) is 201 Å². The molecule has 4 saturated heterocycles. The largest absolute Gasteiger partial charge is 0.493 e. The number of rotatable bonds is 28. The van der Waals surface area contributed by atoms with Crippen molar-refractivity contribution in [2.24, 2.45) is 93.9 Å². The second-order valence-electron chi connectivity index (χ2n) is 32.5. The molecule has 672 valence electrons. The van der Waals surface area contributed by atoms with Crippen LogP contribution in [0.25, 0.3) is 0 Å². The molecule has 8 aliphatic rings. The Labute approximate surface area is 786 Å². The summed E-state index contributed by atoms with van der Waals surface area (Å²) in [6.07, 6.45) is -2.32. The van der Waals surface area contributed by atoms with Crippen molar-refractivity contribution in [3.63, 3.8) is 0 Å². The maximum Gasteiger partial charge on any atom is 0.323 e. The van der Waals surface area contributed by atoms with Crippen molar-refractivity contribution < 1.29 is 142 Å². The zero-order valence-corrected chi connectivity index (χ0v) is 70.9. The third-order valence-corrected chi connectivity index (χ3v) is 22.5. The molecule has 12 unspecified atom stereocenters. The summed E-state index contributed by atoms with van der Waals surface area (Å²) in [7, 11) is 2.13. The molecule has 4 aromatic carbocycles. The third-order valence-electron chi connectivity index (χ3n) is 22.5. The molecule has 8 N–H and O–H groups in total. The number of esters is 4. The summed E-state index contributed by atoms with van der Waals surface area (Å²) in [6.45, 7) is -11.6. The Morgan fingerprint density at radius 2 is 0.592 bits per heavy atom. The van der Waals surface area contributed by atoms with Crippen molar-refractivity contribution in [1.29, 1.82) is 0 Å². The molecule has 0 aliphatic carbocycles. The fourth-order valence-corrected chi connectivity index (χ4v) is 17.0. The zero-order chi connectivity index (χ0) is 129. The van der Waals surface area contributed by atoms with Gasteiger partial charge in [0.1, 0.15) is 48.5 Å². The van der Waals surface area contributed by atoms with Crippen molar-refractivity contribution >= 4 is 23.9 Å². The maximum atomic E-state index is 13.4. The van der Waals surface area contributed by atoms with E-state index in [-0.39, 0.29) is 187 Å². The second-order valence-corrected chi connectivity index (χ2v) is 32.5. The van der Waals surface area contributed by atoms with Gasteiger partial charge >= 0.3 is 23.9 Å². The zero-order valence-electron chi connectivity index (χ0n) is 119. The number of carbonyl (C=O) groups is 4. The highest BCUT2D eigenvalue weighted by molar-refractivity contribution is 5.77. The average Bonchev–Trinajstić information content (AvgIpc) is 0.710. The molecule has 16 atom stereocenters. The first-order valence-corrected chi connectivity index (χ1v) is 40.1. The first-order valence-electron chi connectivity index (χ1n) is 64.1.